The van der Waals surface area contributed by atoms with Gasteiger partial charge in [0.15, 0.2) is 5.82 Å². The van der Waals surface area contributed by atoms with Gasteiger partial charge in [-0.1, -0.05) is 17.7 Å². The minimum absolute atomic E-state index is 0.344. The number of nitrogens with one attached hydrogen (secondary N) is 1. The molecule has 0 spiro atoms. The zero-order chi connectivity index (χ0) is 15.2. The van der Waals surface area contributed by atoms with Crippen molar-refractivity contribution in [1.29, 1.82) is 0 Å². The largest absolute Gasteiger partial charge is 0.439 e. The lowest BCUT2D eigenvalue weighted by Gasteiger charge is -2.11. The lowest BCUT2D eigenvalue weighted by atomic mass is 10.2. The van der Waals surface area contributed by atoms with Crippen LogP contribution in [0.15, 0.2) is 24.3 Å². The lowest BCUT2D eigenvalue weighted by molar-refractivity contribution is 0.128. The van der Waals surface area contributed by atoms with Crippen LogP contribution in [0.2, 0.25) is 5.02 Å². The molecule has 21 heavy (non-hydrogen) atoms. The summed E-state index contributed by atoms with van der Waals surface area (Å²) in [6, 6.07) is 7.22. The Labute approximate surface area is 129 Å². The van der Waals surface area contributed by atoms with E-state index in [0.717, 1.165) is 5.56 Å². The highest BCUT2D eigenvalue weighted by Gasteiger charge is 2.08. The first-order chi connectivity index (χ1) is 10.1. The normalized spacial score (nSPS) is 10.5. The van der Waals surface area contributed by atoms with Gasteiger partial charge in [0.05, 0.1) is 0 Å². The molecule has 0 aliphatic carbocycles. The third kappa shape index (κ3) is 4.31. The number of anilines is 1. The molecule has 1 heterocycles. The van der Waals surface area contributed by atoms with Crippen LogP contribution in [-0.4, -0.2) is 23.6 Å². The highest BCUT2D eigenvalue weighted by atomic mass is 35.5. The highest BCUT2D eigenvalue weighted by Crippen LogP contribution is 2.27. The summed E-state index contributed by atoms with van der Waals surface area (Å²) in [5.74, 6) is 2.37. The molecule has 0 atom stereocenters. The summed E-state index contributed by atoms with van der Waals surface area (Å²) in [6.07, 6.45) is 0. The van der Waals surface area contributed by atoms with Crippen molar-refractivity contribution in [1.82, 2.24) is 9.97 Å². The van der Waals surface area contributed by atoms with Crippen molar-refractivity contribution in [3.05, 3.63) is 40.7 Å². The Morgan fingerprint density at radius 1 is 1.24 bits per heavy atom. The fourth-order valence-corrected chi connectivity index (χ4v) is 1.87. The summed E-state index contributed by atoms with van der Waals surface area (Å²) in [7, 11) is 1.79. The average molecular weight is 308 g/mol. The molecule has 0 bridgehead atoms. The molecule has 0 saturated heterocycles. The van der Waals surface area contributed by atoms with Crippen LogP contribution in [0.3, 0.4) is 0 Å². The van der Waals surface area contributed by atoms with Crippen molar-refractivity contribution in [3.63, 3.8) is 0 Å². The first-order valence-electron chi connectivity index (χ1n) is 6.70. The molecule has 2 aromatic rings. The zero-order valence-corrected chi connectivity index (χ0v) is 13.1. The van der Waals surface area contributed by atoms with Crippen LogP contribution in [0.25, 0.3) is 0 Å². The molecule has 112 valence electrons. The van der Waals surface area contributed by atoms with E-state index >= 15 is 0 Å². The van der Waals surface area contributed by atoms with E-state index in [9.17, 15) is 0 Å². The zero-order valence-electron chi connectivity index (χ0n) is 12.3. The van der Waals surface area contributed by atoms with Crippen LogP contribution in [0.4, 0.5) is 5.82 Å². The van der Waals surface area contributed by atoms with E-state index in [1.165, 1.54) is 0 Å². The van der Waals surface area contributed by atoms with Gasteiger partial charge in [-0.05, 0) is 31.5 Å². The van der Waals surface area contributed by atoms with Gasteiger partial charge < -0.3 is 14.8 Å². The van der Waals surface area contributed by atoms with Crippen molar-refractivity contribution in [2.45, 2.75) is 20.5 Å². The predicted molar refractivity (Wildman–Crippen MR) is 83.2 cm³/mol. The smallest absolute Gasteiger partial charge is 0.224 e. The maximum atomic E-state index is 6.00. The number of hydrogen-bond acceptors (Lipinski definition) is 5. The molecule has 2 rings (SSSR count). The summed E-state index contributed by atoms with van der Waals surface area (Å²) >= 11 is 6.00. The molecule has 0 aliphatic rings. The summed E-state index contributed by atoms with van der Waals surface area (Å²) in [5, 5.41) is 3.60. The molecule has 0 radical (unpaired) electrons. The SMILES string of the molecule is CCOCc1nc(NC)cc(Oc2cc(Cl)ccc2C)n1. The van der Waals surface area contributed by atoms with Gasteiger partial charge in [-0.3, -0.25) is 0 Å². The molecule has 6 heteroatoms. The fourth-order valence-electron chi connectivity index (χ4n) is 1.71. The maximum Gasteiger partial charge on any atom is 0.224 e. The number of halogens is 1. The topological polar surface area (TPSA) is 56.3 Å². The van der Waals surface area contributed by atoms with Crippen molar-refractivity contribution < 1.29 is 9.47 Å². The van der Waals surface area contributed by atoms with Gasteiger partial charge in [-0.25, -0.2) is 4.98 Å². The molecular weight excluding hydrogens is 290 g/mol. The van der Waals surface area contributed by atoms with E-state index < -0.39 is 0 Å². The number of aryl methyl sites for hydroxylation is 1. The number of ether oxygens (including phenoxy) is 2. The van der Waals surface area contributed by atoms with E-state index in [2.05, 4.69) is 15.3 Å². The summed E-state index contributed by atoms with van der Waals surface area (Å²) in [5.41, 5.74) is 0.982. The highest BCUT2D eigenvalue weighted by molar-refractivity contribution is 6.30. The molecule has 5 nitrogen and oxygen atoms in total. The second-order valence-corrected chi connectivity index (χ2v) is 4.84. The van der Waals surface area contributed by atoms with Gasteiger partial charge in [0.25, 0.3) is 0 Å². The number of nitrogens with zero attached hydrogens (tertiary/aromatic N) is 2. The van der Waals surface area contributed by atoms with Crippen molar-refractivity contribution in [2.24, 2.45) is 0 Å². The van der Waals surface area contributed by atoms with Crippen LogP contribution in [-0.2, 0) is 11.3 Å². The molecule has 0 saturated carbocycles. The first kappa shape index (κ1) is 15.5. The standard InChI is InChI=1S/C15H18ClN3O2/c1-4-20-9-14-18-13(17-3)8-15(19-14)21-12-7-11(16)6-5-10(12)2/h5-8H,4,9H2,1-3H3,(H,17,18,19). The monoisotopic (exact) mass is 307 g/mol. The third-order valence-corrected chi connectivity index (χ3v) is 3.04. The van der Waals surface area contributed by atoms with Crippen molar-refractivity contribution in [2.75, 3.05) is 19.0 Å². The Morgan fingerprint density at radius 3 is 2.76 bits per heavy atom. The predicted octanol–water partition coefficient (Wildman–Crippen LogP) is 3.81. The van der Waals surface area contributed by atoms with Gasteiger partial charge >= 0.3 is 0 Å². The Hall–Kier alpha value is -1.85. The molecule has 0 aliphatic heterocycles. The number of hydrogen-bond donors (Lipinski definition) is 1. The van der Waals surface area contributed by atoms with Crippen LogP contribution < -0.4 is 10.1 Å². The van der Waals surface area contributed by atoms with Gasteiger partial charge in [0.1, 0.15) is 18.2 Å². The quantitative estimate of drug-likeness (QED) is 0.879. The molecule has 1 N–H and O–H groups in total. The first-order valence-corrected chi connectivity index (χ1v) is 7.07. The summed E-state index contributed by atoms with van der Waals surface area (Å²) in [4.78, 5) is 8.66. The van der Waals surface area contributed by atoms with Crippen LogP contribution in [0.1, 0.15) is 18.3 Å². The summed E-state index contributed by atoms with van der Waals surface area (Å²) < 4.78 is 11.2. The lowest BCUT2D eigenvalue weighted by Crippen LogP contribution is -2.04. The molecule has 0 unspecified atom stereocenters. The number of aromatic nitrogens is 2. The van der Waals surface area contributed by atoms with Gasteiger partial charge in [-0.15, -0.1) is 0 Å². The Kier molecular flexibility index (Phi) is 5.36. The molecular formula is C15H18ClN3O2. The molecule has 1 aromatic carbocycles. The number of rotatable bonds is 6. The fraction of sp³-hybridized carbons (Fsp3) is 0.333. The van der Waals surface area contributed by atoms with Crippen LogP contribution >= 0.6 is 11.6 Å². The van der Waals surface area contributed by atoms with Crippen molar-refractivity contribution >= 4 is 17.4 Å². The van der Waals surface area contributed by atoms with E-state index in [4.69, 9.17) is 21.1 Å². The average Bonchev–Trinajstić information content (AvgIpc) is 2.48. The Bertz CT molecular complexity index is 620. The van der Waals surface area contributed by atoms with E-state index in [1.807, 2.05) is 26.0 Å². The Balaban J connectivity index is 2.27. The summed E-state index contributed by atoms with van der Waals surface area (Å²) in [6.45, 7) is 4.83. The van der Waals surface area contributed by atoms with Gasteiger partial charge in [0, 0.05) is 24.7 Å². The van der Waals surface area contributed by atoms with E-state index in [0.29, 0.717) is 41.5 Å². The Morgan fingerprint density at radius 2 is 2.05 bits per heavy atom. The van der Waals surface area contributed by atoms with Crippen LogP contribution in [0.5, 0.6) is 11.6 Å². The second kappa shape index (κ2) is 7.24. The third-order valence-electron chi connectivity index (χ3n) is 2.81. The van der Waals surface area contributed by atoms with Crippen molar-refractivity contribution in [3.8, 4) is 11.6 Å². The van der Waals surface area contributed by atoms with Gasteiger partial charge in [-0.2, -0.15) is 4.98 Å². The minimum Gasteiger partial charge on any atom is -0.439 e. The van der Waals surface area contributed by atoms with Crippen LogP contribution in [0, 0.1) is 6.92 Å². The van der Waals surface area contributed by atoms with Gasteiger partial charge in [0.2, 0.25) is 5.88 Å². The minimum atomic E-state index is 0.344. The van der Waals surface area contributed by atoms with E-state index in [1.54, 1.807) is 19.2 Å². The molecule has 1 aromatic heterocycles. The second-order valence-electron chi connectivity index (χ2n) is 4.41. The maximum absolute atomic E-state index is 6.00. The van der Waals surface area contributed by atoms with E-state index in [-0.39, 0.29) is 0 Å². The number of benzene rings is 1. The molecule has 0 amide bonds. The molecule has 0 fully saturated rings.